The van der Waals surface area contributed by atoms with E-state index in [9.17, 15) is 21.6 Å². The number of nitrogens with zero attached hydrogens (tertiary/aromatic N) is 5. The summed E-state index contributed by atoms with van der Waals surface area (Å²) in [5.74, 6) is 0.478. The molecule has 15 heteroatoms. The molecule has 0 amide bonds. The number of fused-ring (bicyclic) bond motifs is 1. The average molecular weight is 917 g/mol. The first-order valence-electron chi connectivity index (χ1n) is 21.1. The maximum absolute atomic E-state index is 14.8. The van der Waals surface area contributed by atoms with Gasteiger partial charge in [0.1, 0.15) is 6.33 Å². The van der Waals surface area contributed by atoms with E-state index in [1.807, 2.05) is 72.8 Å². The molecule has 1 atom stereocenters. The first-order valence-corrected chi connectivity index (χ1v) is 24.0. The minimum absolute atomic E-state index is 0.0271. The number of anilines is 3. The molecule has 1 aromatic heterocycles. The third-order valence-electron chi connectivity index (χ3n) is 11.4. The summed E-state index contributed by atoms with van der Waals surface area (Å²) < 4.78 is 74.5. The van der Waals surface area contributed by atoms with Crippen LogP contribution in [0.4, 0.5) is 30.4 Å². The molecule has 2 N–H and O–H groups in total. The molecule has 1 saturated heterocycles. The van der Waals surface area contributed by atoms with Gasteiger partial charge in [-0.25, -0.2) is 18.4 Å². The van der Waals surface area contributed by atoms with Gasteiger partial charge in [-0.2, -0.15) is 13.2 Å². The molecule has 6 aromatic rings. The van der Waals surface area contributed by atoms with E-state index in [2.05, 4.69) is 80.6 Å². The van der Waals surface area contributed by atoms with Crippen molar-refractivity contribution >= 4 is 61.5 Å². The second-order valence-electron chi connectivity index (χ2n) is 16.3. The fraction of sp³-hybridized carbons (Fsp3) is 0.333. The number of rotatable bonds is 17. The van der Waals surface area contributed by atoms with Crippen molar-refractivity contribution in [2.75, 3.05) is 53.4 Å². The molecule has 0 saturated carbocycles. The number of benzene rings is 5. The fourth-order valence-corrected chi connectivity index (χ4v) is 10.3. The van der Waals surface area contributed by atoms with Gasteiger partial charge in [-0.3, -0.25) is 14.5 Å². The van der Waals surface area contributed by atoms with Crippen molar-refractivity contribution in [2.24, 2.45) is 0 Å². The van der Waals surface area contributed by atoms with Crippen LogP contribution < -0.4 is 14.9 Å². The van der Waals surface area contributed by atoms with Gasteiger partial charge >= 0.3 is 6.18 Å². The lowest BCUT2D eigenvalue weighted by molar-refractivity contribution is -0.137. The van der Waals surface area contributed by atoms with Gasteiger partial charge in [-0.1, -0.05) is 66.2 Å². The van der Waals surface area contributed by atoms with Crippen LogP contribution in [0.15, 0.2) is 131 Å². The Balaban J connectivity index is 1.05. The summed E-state index contributed by atoms with van der Waals surface area (Å²) >= 11 is 7.99. The van der Waals surface area contributed by atoms with Gasteiger partial charge < -0.3 is 10.2 Å². The number of hydrogen-bond acceptors (Lipinski definition) is 9. The largest absolute Gasteiger partial charge is 0.418 e. The predicted octanol–water partition coefficient (Wildman–Crippen LogP) is 11.2. The number of thioether (sulfide) groups is 1. The predicted molar refractivity (Wildman–Crippen MR) is 252 cm³/mol. The lowest BCUT2D eigenvalue weighted by Gasteiger charge is -2.36. The average Bonchev–Trinajstić information content (AvgIpc) is 3.26. The highest BCUT2D eigenvalue weighted by Gasteiger charge is 2.36. The van der Waals surface area contributed by atoms with E-state index in [0.717, 1.165) is 60.0 Å². The molecule has 0 spiro atoms. The molecule has 1 aliphatic heterocycles. The summed E-state index contributed by atoms with van der Waals surface area (Å²) in [6.07, 6.45) is -3.01. The van der Waals surface area contributed by atoms with Crippen LogP contribution in [0.5, 0.6) is 0 Å². The summed E-state index contributed by atoms with van der Waals surface area (Å²) in [6, 6.07) is 34.8. The molecule has 9 nitrogen and oxygen atoms in total. The Bertz CT molecular complexity index is 2570. The Morgan fingerprint density at radius 1 is 0.825 bits per heavy atom. The number of aromatic nitrogens is 2. The standard InChI is InChI=1S/C48H53ClF3N7O2S2/c1-33(2)59(34(3)4)22-21-38(31-62-40-13-9-6-10-14-40)55-45-20-17-41(29-44(45)48(50,51)52)63(60,61)56-47-43-19-16-39(28-46(43)53-32-54-47)58-25-23-57(24-26-58)30-36-27-37(49)15-18-42(36)35-11-7-5-8-12-35/h5-20,27-29,32-34,38,55H,21-26,30-31H2,1-4H3,(H,53,54,56). The van der Waals surface area contributed by atoms with E-state index in [-0.39, 0.29) is 29.6 Å². The van der Waals surface area contributed by atoms with E-state index in [1.165, 1.54) is 18.5 Å². The summed E-state index contributed by atoms with van der Waals surface area (Å²) in [7, 11) is -4.51. The number of hydrogen-bond donors (Lipinski definition) is 2. The van der Waals surface area contributed by atoms with Crippen LogP contribution in [0.1, 0.15) is 45.2 Å². The Morgan fingerprint density at radius 2 is 1.52 bits per heavy atom. The Kier molecular flexibility index (Phi) is 14.9. The topological polar surface area (TPSA) is 93.7 Å². The number of piperazine rings is 1. The SMILES string of the molecule is CC(C)N(CCC(CSc1ccccc1)Nc1ccc(S(=O)(=O)Nc2ncnc3cc(N4CCN(Cc5cc(Cl)ccc5-c5ccccc5)CC4)ccc23)cc1C(F)(F)F)C(C)C. The number of halogens is 4. The van der Waals surface area contributed by atoms with Gasteiger partial charge in [0.2, 0.25) is 0 Å². The maximum atomic E-state index is 14.8. The molecule has 332 valence electrons. The third-order valence-corrected chi connectivity index (χ3v) is 14.1. The quantitative estimate of drug-likeness (QED) is 0.0868. The zero-order valence-corrected chi connectivity index (χ0v) is 38.2. The molecule has 5 aromatic carbocycles. The lowest BCUT2D eigenvalue weighted by atomic mass is 9.99. The van der Waals surface area contributed by atoms with Crippen molar-refractivity contribution in [3.63, 3.8) is 0 Å². The monoisotopic (exact) mass is 915 g/mol. The number of nitrogens with one attached hydrogen (secondary N) is 2. The Labute approximate surface area is 378 Å². The molecule has 1 aliphatic rings. The molecule has 0 radical (unpaired) electrons. The number of sulfonamides is 1. The van der Waals surface area contributed by atoms with Crippen LogP contribution in [0.2, 0.25) is 5.02 Å². The summed E-state index contributed by atoms with van der Waals surface area (Å²) in [6.45, 7) is 13.0. The Morgan fingerprint density at radius 3 is 2.21 bits per heavy atom. The number of alkyl halides is 3. The van der Waals surface area contributed by atoms with Gasteiger partial charge in [0, 0.05) is 89.8 Å². The van der Waals surface area contributed by atoms with Crippen molar-refractivity contribution < 1.29 is 21.6 Å². The first-order chi connectivity index (χ1) is 30.1. The van der Waals surface area contributed by atoms with Crippen LogP contribution in [0.25, 0.3) is 22.0 Å². The smallest absolute Gasteiger partial charge is 0.381 e. The lowest BCUT2D eigenvalue weighted by Crippen LogP contribution is -2.46. The van der Waals surface area contributed by atoms with Crippen molar-refractivity contribution in [2.45, 2.75) is 74.8 Å². The van der Waals surface area contributed by atoms with Crippen molar-refractivity contribution in [1.82, 2.24) is 19.8 Å². The summed E-state index contributed by atoms with van der Waals surface area (Å²) in [4.78, 5) is 16.1. The second-order valence-corrected chi connectivity index (χ2v) is 19.6. The molecule has 7 rings (SSSR count). The van der Waals surface area contributed by atoms with Gasteiger partial charge in [0.05, 0.1) is 16.0 Å². The van der Waals surface area contributed by atoms with Gasteiger partial charge in [0.25, 0.3) is 10.0 Å². The summed E-state index contributed by atoms with van der Waals surface area (Å²) in [5, 5.41) is 4.27. The fourth-order valence-electron chi connectivity index (χ4n) is 8.11. The maximum Gasteiger partial charge on any atom is 0.418 e. The Hall–Kier alpha value is -4.86. The zero-order valence-electron chi connectivity index (χ0n) is 35.8. The van der Waals surface area contributed by atoms with Crippen LogP contribution in [-0.4, -0.2) is 84.8 Å². The molecule has 2 heterocycles. The van der Waals surface area contributed by atoms with Crippen molar-refractivity contribution in [1.29, 1.82) is 0 Å². The highest BCUT2D eigenvalue weighted by Crippen LogP contribution is 2.38. The van der Waals surface area contributed by atoms with E-state index >= 15 is 0 Å². The molecule has 63 heavy (non-hydrogen) atoms. The zero-order chi connectivity index (χ0) is 44.7. The van der Waals surface area contributed by atoms with Gasteiger partial charge in [-0.05, 0) is 111 Å². The van der Waals surface area contributed by atoms with Gasteiger partial charge in [0.15, 0.2) is 5.82 Å². The van der Waals surface area contributed by atoms with Crippen molar-refractivity contribution in [3.05, 3.63) is 138 Å². The van der Waals surface area contributed by atoms with Crippen LogP contribution in [0, 0.1) is 0 Å². The van der Waals surface area contributed by atoms with E-state index < -0.39 is 26.7 Å². The highest BCUT2D eigenvalue weighted by molar-refractivity contribution is 7.99. The van der Waals surface area contributed by atoms with Crippen LogP contribution in [-0.2, 0) is 22.7 Å². The van der Waals surface area contributed by atoms with E-state index in [4.69, 9.17) is 11.6 Å². The third kappa shape index (κ3) is 11.8. The molecular weight excluding hydrogens is 863 g/mol. The molecule has 0 aliphatic carbocycles. The summed E-state index contributed by atoms with van der Waals surface area (Å²) in [5.41, 5.74) is 3.63. The molecule has 1 fully saturated rings. The van der Waals surface area contributed by atoms with E-state index in [1.54, 1.807) is 17.8 Å². The van der Waals surface area contributed by atoms with Crippen LogP contribution in [0.3, 0.4) is 0 Å². The molecule has 0 bridgehead atoms. The minimum Gasteiger partial charge on any atom is -0.381 e. The van der Waals surface area contributed by atoms with Crippen LogP contribution >= 0.6 is 23.4 Å². The molecular formula is C48H53ClF3N7O2S2. The highest BCUT2D eigenvalue weighted by atomic mass is 35.5. The minimum atomic E-state index is -4.84. The normalized spacial score (nSPS) is 14.5. The van der Waals surface area contributed by atoms with E-state index in [0.29, 0.717) is 40.7 Å². The van der Waals surface area contributed by atoms with Crippen molar-refractivity contribution in [3.8, 4) is 11.1 Å². The van der Waals surface area contributed by atoms with Gasteiger partial charge in [-0.15, -0.1) is 11.8 Å². The first kappa shape index (κ1) is 46.1. The molecule has 1 unspecified atom stereocenters. The second kappa shape index (κ2) is 20.3.